The van der Waals surface area contributed by atoms with Crippen molar-refractivity contribution in [2.75, 3.05) is 6.61 Å². The van der Waals surface area contributed by atoms with E-state index in [0.29, 0.717) is 17.9 Å². The highest BCUT2D eigenvalue weighted by atomic mass is 19.1. The second kappa shape index (κ2) is 9.73. The van der Waals surface area contributed by atoms with Gasteiger partial charge in [0.25, 0.3) is 5.91 Å². The van der Waals surface area contributed by atoms with Crippen LogP contribution in [-0.2, 0) is 6.61 Å². The summed E-state index contributed by atoms with van der Waals surface area (Å²) in [7, 11) is 0. The number of hydrogen-bond donors (Lipinski definition) is 1. The molecule has 4 nitrogen and oxygen atoms in total. The summed E-state index contributed by atoms with van der Waals surface area (Å²) in [4.78, 5) is 12.7. The van der Waals surface area contributed by atoms with Crippen LogP contribution in [-0.4, -0.2) is 12.5 Å². The molecule has 1 N–H and O–H groups in total. The monoisotopic (exact) mass is 393 g/mol. The minimum Gasteiger partial charge on any atom is -0.493 e. The molecule has 1 atom stereocenters. The van der Waals surface area contributed by atoms with E-state index in [2.05, 4.69) is 5.32 Å². The van der Waals surface area contributed by atoms with E-state index in [1.165, 1.54) is 12.1 Å². The molecule has 0 fully saturated rings. The highest BCUT2D eigenvalue weighted by Crippen LogP contribution is 2.23. The summed E-state index contributed by atoms with van der Waals surface area (Å²) in [6, 6.07) is 20.6. The zero-order chi connectivity index (χ0) is 20.6. The summed E-state index contributed by atoms with van der Waals surface area (Å²) in [5, 5.41) is 2.94. The molecule has 0 aliphatic carbocycles. The first-order valence-corrected chi connectivity index (χ1v) is 9.56. The molecular weight excluding hydrogens is 369 g/mol. The summed E-state index contributed by atoms with van der Waals surface area (Å²) >= 11 is 0. The van der Waals surface area contributed by atoms with Crippen LogP contribution in [0.3, 0.4) is 0 Å². The van der Waals surface area contributed by atoms with E-state index in [1.54, 1.807) is 30.3 Å². The molecule has 0 radical (unpaired) electrons. The number of ether oxygens (including phenoxy) is 2. The number of benzene rings is 3. The highest BCUT2D eigenvalue weighted by molar-refractivity contribution is 5.94. The lowest BCUT2D eigenvalue weighted by Crippen LogP contribution is -2.26. The van der Waals surface area contributed by atoms with Crippen molar-refractivity contribution >= 4 is 5.91 Å². The number of halogens is 1. The fraction of sp³-hybridized carbons (Fsp3) is 0.208. The SMILES string of the molecule is CCOc1ccc(C(=O)NC(C)c2ccc(F)cc2)cc1COc1ccccc1. The van der Waals surface area contributed by atoms with Gasteiger partial charge in [-0.05, 0) is 61.9 Å². The van der Waals surface area contributed by atoms with Crippen molar-refractivity contribution in [3.05, 3.63) is 95.3 Å². The van der Waals surface area contributed by atoms with Crippen molar-refractivity contribution in [1.82, 2.24) is 5.32 Å². The Hall–Kier alpha value is -3.34. The quantitative estimate of drug-likeness (QED) is 0.565. The molecule has 0 heterocycles. The second-order valence-corrected chi connectivity index (χ2v) is 6.60. The first-order chi connectivity index (χ1) is 14.1. The second-order valence-electron chi connectivity index (χ2n) is 6.60. The Morgan fingerprint density at radius 1 is 1.00 bits per heavy atom. The van der Waals surface area contributed by atoms with Gasteiger partial charge in [0.1, 0.15) is 23.9 Å². The van der Waals surface area contributed by atoms with Gasteiger partial charge in [-0.3, -0.25) is 4.79 Å². The Labute approximate surface area is 170 Å². The number of hydrogen-bond acceptors (Lipinski definition) is 3. The maximum Gasteiger partial charge on any atom is 0.251 e. The minimum atomic E-state index is -0.304. The number of rotatable bonds is 8. The van der Waals surface area contributed by atoms with E-state index in [0.717, 1.165) is 16.9 Å². The molecule has 0 bridgehead atoms. The minimum absolute atomic E-state index is 0.217. The predicted molar refractivity (Wildman–Crippen MR) is 111 cm³/mol. The third kappa shape index (κ3) is 5.57. The normalized spacial score (nSPS) is 11.6. The third-order valence-corrected chi connectivity index (χ3v) is 4.48. The predicted octanol–water partition coefficient (Wildman–Crippen LogP) is 5.29. The van der Waals surface area contributed by atoms with E-state index >= 15 is 0 Å². The molecule has 5 heteroatoms. The van der Waals surface area contributed by atoms with Gasteiger partial charge in [0.2, 0.25) is 0 Å². The zero-order valence-corrected chi connectivity index (χ0v) is 16.5. The molecular formula is C24H24FNO3. The van der Waals surface area contributed by atoms with Gasteiger partial charge in [-0.15, -0.1) is 0 Å². The van der Waals surface area contributed by atoms with Crippen molar-refractivity contribution < 1.29 is 18.7 Å². The van der Waals surface area contributed by atoms with E-state index in [1.807, 2.05) is 44.2 Å². The van der Waals surface area contributed by atoms with Crippen molar-refractivity contribution in [3.63, 3.8) is 0 Å². The molecule has 1 unspecified atom stereocenters. The van der Waals surface area contributed by atoms with Crippen LogP contribution in [0.1, 0.15) is 41.4 Å². The largest absolute Gasteiger partial charge is 0.493 e. The first kappa shape index (κ1) is 20.4. The van der Waals surface area contributed by atoms with Crippen LogP contribution in [0.4, 0.5) is 4.39 Å². The Kier molecular flexibility index (Phi) is 6.85. The van der Waals surface area contributed by atoms with E-state index < -0.39 is 0 Å². The summed E-state index contributed by atoms with van der Waals surface area (Å²) in [5.41, 5.74) is 2.13. The van der Waals surface area contributed by atoms with Crippen molar-refractivity contribution in [3.8, 4) is 11.5 Å². The van der Waals surface area contributed by atoms with Crippen molar-refractivity contribution in [1.29, 1.82) is 0 Å². The average Bonchev–Trinajstić information content (AvgIpc) is 2.74. The molecule has 3 rings (SSSR count). The Morgan fingerprint density at radius 3 is 2.41 bits per heavy atom. The summed E-state index contributed by atoms with van der Waals surface area (Å²) in [6.07, 6.45) is 0. The molecule has 3 aromatic rings. The fourth-order valence-electron chi connectivity index (χ4n) is 2.92. The van der Waals surface area contributed by atoms with Gasteiger partial charge in [0, 0.05) is 11.1 Å². The smallest absolute Gasteiger partial charge is 0.251 e. The molecule has 0 aliphatic rings. The topological polar surface area (TPSA) is 47.6 Å². The highest BCUT2D eigenvalue weighted by Gasteiger charge is 2.14. The molecule has 0 aliphatic heterocycles. The van der Waals surface area contributed by atoms with Gasteiger partial charge >= 0.3 is 0 Å². The zero-order valence-electron chi connectivity index (χ0n) is 16.5. The van der Waals surface area contributed by atoms with Crippen LogP contribution in [0.25, 0.3) is 0 Å². The molecule has 29 heavy (non-hydrogen) atoms. The molecule has 0 saturated carbocycles. The molecule has 0 saturated heterocycles. The average molecular weight is 393 g/mol. The van der Waals surface area contributed by atoms with E-state index in [4.69, 9.17) is 9.47 Å². The molecule has 3 aromatic carbocycles. The number of nitrogens with one attached hydrogen (secondary N) is 1. The van der Waals surface area contributed by atoms with Crippen LogP contribution in [0.2, 0.25) is 0 Å². The van der Waals surface area contributed by atoms with Gasteiger partial charge < -0.3 is 14.8 Å². The van der Waals surface area contributed by atoms with Gasteiger partial charge in [0.15, 0.2) is 0 Å². The van der Waals surface area contributed by atoms with E-state index in [-0.39, 0.29) is 24.4 Å². The van der Waals surface area contributed by atoms with Crippen LogP contribution in [0, 0.1) is 5.82 Å². The van der Waals surface area contributed by atoms with Crippen LogP contribution < -0.4 is 14.8 Å². The molecule has 150 valence electrons. The Bertz CT molecular complexity index is 942. The Balaban J connectivity index is 1.74. The summed E-state index contributed by atoms with van der Waals surface area (Å²) < 4.78 is 24.6. The number of carbonyl (C=O) groups excluding carboxylic acids is 1. The van der Waals surface area contributed by atoms with Crippen LogP contribution in [0.5, 0.6) is 11.5 Å². The number of amides is 1. The van der Waals surface area contributed by atoms with Gasteiger partial charge in [0.05, 0.1) is 12.6 Å². The maximum atomic E-state index is 13.1. The first-order valence-electron chi connectivity index (χ1n) is 9.56. The van der Waals surface area contributed by atoms with Gasteiger partial charge in [-0.1, -0.05) is 30.3 Å². The van der Waals surface area contributed by atoms with Gasteiger partial charge in [-0.2, -0.15) is 0 Å². The van der Waals surface area contributed by atoms with Crippen molar-refractivity contribution in [2.45, 2.75) is 26.5 Å². The van der Waals surface area contributed by atoms with Crippen LogP contribution in [0.15, 0.2) is 72.8 Å². The third-order valence-electron chi connectivity index (χ3n) is 4.48. The molecule has 1 amide bonds. The Morgan fingerprint density at radius 2 is 1.72 bits per heavy atom. The fourth-order valence-corrected chi connectivity index (χ4v) is 2.92. The number of carbonyl (C=O) groups is 1. The van der Waals surface area contributed by atoms with Gasteiger partial charge in [-0.25, -0.2) is 4.39 Å². The van der Waals surface area contributed by atoms with Crippen LogP contribution >= 0.6 is 0 Å². The maximum absolute atomic E-state index is 13.1. The lowest BCUT2D eigenvalue weighted by molar-refractivity contribution is 0.0939. The summed E-state index contributed by atoms with van der Waals surface area (Å²) in [5.74, 6) is 0.911. The molecule has 0 aromatic heterocycles. The van der Waals surface area contributed by atoms with E-state index in [9.17, 15) is 9.18 Å². The standard InChI is InChI=1S/C24H24FNO3/c1-3-28-23-14-11-19(15-20(23)16-29-22-7-5-4-6-8-22)24(27)26-17(2)18-9-12-21(25)13-10-18/h4-15,17H,3,16H2,1-2H3,(H,26,27). The number of para-hydroxylation sites is 1. The summed E-state index contributed by atoms with van der Waals surface area (Å²) in [6.45, 7) is 4.57. The lowest BCUT2D eigenvalue weighted by atomic mass is 10.1. The van der Waals surface area contributed by atoms with Crippen molar-refractivity contribution in [2.24, 2.45) is 0 Å². The lowest BCUT2D eigenvalue weighted by Gasteiger charge is -2.16. The molecule has 0 spiro atoms.